The highest BCUT2D eigenvalue weighted by molar-refractivity contribution is 4.82. The minimum absolute atomic E-state index is 0.622. The number of rotatable bonds is 5. The van der Waals surface area contributed by atoms with Gasteiger partial charge in [0.1, 0.15) is 0 Å². The van der Waals surface area contributed by atoms with Crippen LogP contribution < -0.4 is 5.32 Å². The topological polar surface area (TPSA) is 15.3 Å². The van der Waals surface area contributed by atoms with Crippen LogP contribution in [0.25, 0.3) is 0 Å². The van der Waals surface area contributed by atoms with Crippen LogP contribution in [0.1, 0.15) is 53.4 Å². The molecule has 0 saturated carbocycles. The maximum absolute atomic E-state index is 3.67. The van der Waals surface area contributed by atoms with Gasteiger partial charge in [0.15, 0.2) is 0 Å². The third kappa shape index (κ3) is 4.12. The van der Waals surface area contributed by atoms with Gasteiger partial charge in [-0.05, 0) is 32.2 Å². The van der Waals surface area contributed by atoms with Crippen molar-refractivity contribution >= 4 is 0 Å². The van der Waals surface area contributed by atoms with Crippen LogP contribution >= 0.6 is 0 Å². The summed E-state index contributed by atoms with van der Waals surface area (Å²) in [6, 6.07) is 2.15. The van der Waals surface area contributed by atoms with Gasteiger partial charge in [-0.15, -0.1) is 0 Å². The van der Waals surface area contributed by atoms with Crippen molar-refractivity contribution in [3.8, 4) is 0 Å². The van der Waals surface area contributed by atoms with E-state index in [1.807, 2.05) is 0 Å². The molecule has 1 aliphatic heterocycles. The second-order valence-electron chi connectivity index (χ2n) is 5.13. The molecule has 0 aromatic carbocycles. The zero-order chi connectivity index (χ0) is 11.3. The summed E-state index contributed by atoms with van der Waals surface area (Å²) in [4.78, 5) is 2.68. The van der Waals surface area contributed by atoms with Crippen LogP contribution in [0, 0.1) is 0 Å². The largest absolute Gasteiger partial charge is 0.311 e. The first-order valence-electron chi connectivity index (χ1n) is 6.67. The number of likely N-dealkylation sites (tertiary alicyclic amines) is 1. The molecule has 1 aliphatic rings. The van der Waals surface area contributed by atoms with E-state index < -0.39 is 0 Å². The van der Waals surface area contributed by atoms with Gasteiger partial charge in [0.25, 0.3) is 0 Å². The first-order valence-corrected chi connectivity index (χ1v) is 6.67. The SMILES string of the molecule is CCC(CC)N1CCCC(NC(C)C)C1. The van der Waals surface area contributed by atoms with Crippen molar-refractivity contribution in [1.82, 2.24) is 10.2 Å². The molecular formula is C13H28N2. The predicted octanol–water partition coefficient (Wildman–Crippen LogP) is 2.64. The van der Waals surface area contributed by atoms with E-state index in [0.29, 0.717) is 6.04 Å². The standard InChI is InChI=1S/C13H28N2/c1-5-13(6-2)15-9-7-8-12(10-15)14-11(3)4/h11-14H,5-10H2,1-4H3. The predicted molar refractivity (Wildman–Crippen MR) is 67.2 cm³/mol. The molecule has 15 heavy (non-hydrogen) atoms. The van der Waals surface area contributed by atoms with E-state index in [1.54, 1.807) is 0 Å². The highest BCUT2D eigenvalue weighted by Crippen LogP contribution is 2.17. The Morgan fingerprint density at radius 2 is 1.93 bits per heavy atom. The van der Waals surface area contributed by atoms with Crippen LogP contribution in [0.3, 0.4) is 0 Å². The quantitative estimate of drug-likeness (QED) is 0.753. The monoisotopic (exact) mass is 212 g/mol. The van der Waals surface area contributed by atoms with Gasteiger partial charge in [-0.3, -0.25) is 4.90 Å². The summed E-state index contributed by atoms with van der Waals surface area (Å²) in [6.45, 7) is 11.7. The van der Waals surface area contributed by atoms with Gasteiger partial charge in [-0.25, -0.2) is 0 Å². The summed E-state index contributed by atoms with van der Waals surface area (Å²) in [5, 5.41) is 3.67. The molecule has 0 aromatic rings. The Morgan fingerprint density at radius 3 is 2.47 bits per heavy atom. The summed E-state index contributed by atoms with van der Waals surface area (Å²) < 4.78 is 0. The van der Waals surface area contributed by atoms with Gasteiger partial charge in [0.2, 0.25) is 0 Å². The highest BCUT2D eigenvalue weighted by Gasteiger charge is 2.23. The molecule has 0 bridgehead atoms. The Kier molecular flexibility index (Phi) is 5.62. The molecule has 1 saturated heterocycles. The first kappa shape index (κ1) is 13.0. The van der Waals surface area contributed by atoms with E-state index in [2.05, 4.69) is 37.9 Å². The van der Waals surface area contributed by atoms with E-state index in [-0.39, 0.29) is 0 Å². The summed E-state index contributed by atoms with van der Waals surface area (Å²) in [6.07, 6.45) is 5.31. The fourth-order valence-corrected chi connectivity index (χ4v) is 2.75. The number of piperidine rings is 1. The van der Waals surface area contributed by atoms with Crippen LogP contribution in [0.2, 0.25) is 0 Å². The van der Waals surface area contributed by atoms with Gasteiger partial charge in [0, 0.05) is 24.7 Å². The molecule has 0 aliphatic carbocycles. The normalized spacial score (nSPS) is 24.0. The van der Waals surface area contributed by atoms with Gasteiger partial charge in [-0.2, -0.15) is 0 Å². The van der Waals surface area contributed by atoms with Crippen molar-refractivity contribution in [2.24, 2.45) is 0 Å². The van der Waals surface area contributed by atoms with Gasteiger partial charge in [0.05, 0.1) is 0 Å². The summed E-state index contributed by atoms with van der Waals surface area (Å²) >= 11 is 0. The average molecular weight is 212 g/mol. The number of hydrogen-bond acceptors (Lipinski definition) is 2. The molecule has 0 aromatic heterocycles. The lowest BCUT2D eigenvalue weighted by Crippen LogP contribution is -2.50. The smallest absolute Gasteiger partial charge is 0.0197 e. The van der Waals surface area contributed by atoms with Crippen LogP contribution in [0.5, 0.6) is 0 Å². The molecule has 90 valence electrons. The minimum Gasteiger partial charge on any atom is -0.311 e. The second kappa shape index (κ2) is 6.49. The number of hydrogen-bond donors (Lipinski definition) is 1. The third-order valence-electron chi connectivity index (χ3n) is 3.48. The van der Waals surface area contributed by atoms with Gasteiger partial charge in [-0.1, -0.05) is 27.7 Å². The van der Waals surface area contributed by atoms with E-state index in [9.17, 15) is 0 Å². The van der Waals surface area contributed by atoms with E-state index in [4.69, 9.17) is 0 Å². The molecule has 1 heterocycles. The molecule has 1 atom stereocenters. The zero-order valence-electron chi connectivity index (χ0n) is 10.9. The van der Waals surface area contributed by atoms with Crippen molar-refractivity contribution in [2.75, 3.05) is 13.1 Å². The van der Waals surface area contributed by atoms with Crippen molar-refractivity contribution in [3.63, 3.8) is 0 Å². The number of nitrogens with one attached hydrogen (secondary N) is 1. The second-order valence-corrected chi connectivity index (χ2v) is 5.13. The lowest BCUT2D eigenvalue weighted by Gasteiger charge is -2.38. The summed E-state index contributed by atoms with van der Waals surface area (Å²) in [5.41, 5.74) is 0. The minimum atomic E-state index is 0.622. The third-order valence-corrected chi connectivity index (χ3v) is 3.48. The Bertz CT molecular complexity index is 164. The lowest BCUT2D eigenvalue weighted by atomic mass is 10.0. The van der Waals surface area contributed by atoms with Crippen LogP contribution in [0.15, 0.2) is 0 Å². The van der Waals surface area contributed by atoms with Crippen LogP contribution in [-0.2, 0) is 0 Å². The van der Waals surface area contributed by atoms with Crippen LogP contribution in [0.4, 0.5) is 0 Å². The van der Waals surface area contributed by atoms with E-state index in [0.717, 1.165) is 12.1 Å². The zero-order valence-corrected chi connectivity index (χ0v) is 10.9. The van der Waals surface area contributed by atoms with Crippen molar-refractivity contribution in [1.29, 1.82) is 0 Å². The maximum atomic E-state index is 3.67. The molecule has 1 N–H and O–H groups in total. The Balaban J connectivity index is 2.40. The van der Waals surface area contributed by atoms with Crippen molar-refractivity contribution < 1.29 is 0 Å². The van der Waals surface area contributed by atoms with Gasteiger partial charge >= 0.3 is 0 Å². The summed E-state index contributed by atoms with van der Waals surface area (Å²) in [5.74, 6) is 0. The Morgan fingerprint density at radius 1 is 1.27 bits per heavy atom. The van der Waals surface area contributed by atoms with Crippen LogP contribution in [-0.4, -0.2) is 36.1 Å². The van der Waals surface area contributed by atoms with Gasteiger partial charge < -0.3 is 5.32 Å². The summed E-state index contributed by atoms with van der Waals surface area (Å²) in [7, 11) is 0. The highest BCUT2D eigenvalue weighted by atomic mass is 15.2. The molecule has 2 heteroatoms. The molecular weight excluding hydrogens is 184 g/mol. The number of nitrogens with zero attached hydrogens (tertiary/aromatic N) is 1. The lowest BCUT2D eigenvalue weighted by molar-refractivity contribution is 0.127. The average Bonchev–Trinajstić information content (AvgIpc) is 2.19. The molecule has 1 unspecified atom stereocenters. The van der Waals surface area contributed by atoms with Crippen molar-refractivity contribution in [3.05, 3.63) is 0 Å². The molecule has 2 nitrogen and oxygen atoms in total. The Labute approximate surface area is 95.4 Å². The molecule has 0 spiro atoms. The molecule has 0 amide bonds. The maximum Gasteiger partial charge on any atom is 0.0197 e. The van der Waals surface area contributed by atoms with Crippen molar-refractivity contribution in [2.45, 2.75) is 71.5 Å². The van der Waals surface area contributed by atoms with E-state index >= 15 is 0 Å². The first-order chi connectivity index (χ1) is 7.17. The fraction of sp³-hybridized carbons (Fsp3) is 1.00. The molecule has 1 fully saturated rings. The Hall–Kier alpha value is -0.0800. The molecule has 0 radical (unpaired) electrons. The fourth-order valence-electron chi connectivity index (χ4n) is 2.75. The van der Waals surface area contributed by atoms with E-state index in [1.165, 1.54) is 38.8 Å². The molecule has 1 rings (SSSR count).